The van der Waals surface area contributed by atoms with Crippen LogP contribution in [0.4, 0.5) is 5.69 Å². The van der Waals surface area contributed by atoms with Gasteiger partial charge in [0.2, 0.25) is 10.0 Å². The molecule has 0 spiro atoms. The van der Waals surface area contributed by atoms with Crippen LogP contribution in [0.2, 0.25) is 0 Å². The average Bonchev–Trinajstić information content (AvgIpc) is 3.60. The Morgan fingerprint density at radius 3 is 2.51 bits per heavy atom. The summed E-state index contributed by atoms with van der Waals surface area (Å²) in [4.78, 5) is 15.2. The lowest BCUT2D eigenvalue weighted by Crippen LogP contribution is -2.35. The predicted octanol–water partition coefficient (Wildman–Crippen LogP) is 4.24. The Bertz CT molecular complexity index is 1330. The Labute approximate surface area is 205 Å². The number of ether oxygens (including phenoxy) is 2. The summed E-state index contributed by atoms with van der Waals surface area (Å²) in [6.45, 7) is 1.82. The zero-order valence-electron chi connectivity index (χ0n) is 19.6. The van der Waals surface area contributed by atoms with Gasteiger partial charge in [-0.1, -0.05) is 12.1 Å². The van der Waals surface area contributed by atoms with E-state index in [0.717, 1.165) is 36.9 Å². The number of aryl methyl sites for hydroxylation is 1. The van der Waals surface area contributed by atoms with E-state index in [1.807, 2.05) is 18.2 Å². The predicted molar refractivity (Wildman–Crippen MR) is 130 cm³/mol. The first-order chi connectivity index (χ1) is 17.0. The lowest BCUT2D eigenvalue weighted by molar-refractivity contribution is 0.0954. The molecule has 2 aliphatic rings. The molecule has 2 aromatic carbocycles. The molecular formula is C26H28N2O6S. The Morgan fingerprint density at radius 2 is 1.74 bits per heavy atom. The summed E-state index contributed by atoms with van der Waals surface area (Å²) in [7, 11) is -1.93. The van der Waals surface area contributed by atoms with Gasteiger partial charge in [-0.05, 0) is 73.7 Å². The van der Waals surface area contributed by atoms with Crippen molar-refractivity contribution in [2.75, 3.05) is 31.6 Å². The zero-order valence-corrected chi connectivity index (χ0v) is 20.4. The number of hydrogen-bond donors (Lipinski definition) is 0. The van der Waals surface area contributed by atoms with Crippen molar-refractivity contribution in [1.82, 2.24) is 4.31 Å². The number of sulfonamides is 1. The molecule has 0 bridgehead atoms. The van der Waals surface area contributed by atoms with Crippen LogP contribution in [0.1, 0.15) is 41.1 Å². The normalized spacial score (nSPS) is 16.2. The molecule has 1 amide bonds. The van der Waals surface area contributed by atoms with E-state index in [0.29, 0.717) is 41.8 Å². The second kappa shape index (κ2) is 9.75. The average molecular weight is 497 g/mol. The number of carbonyl (C=O) groups excluding carboxylic acids is 1. The fraction of sp³-hybridized carbons (Fsp3) is 0.346. The topological polar surface area (TPSA) is 89.3 Å². The van der Waals surface area contributed by atoms with Crippen molar-refractivity contribution < 1.29 is 27.1 Å². The van der Waals surface area contributed by atoms with E-state index in [1.54, 1.807) is 48.4 Å². The first-order valence-electron chi connectivity index (χ1n) is 11.8. The summed E-state index contributed by atoms with van der Waals surface area (Å²) < 4.78 is 44.4. The highest BCUT2D eigenvalue weighted by Crippen LogP contribution is 2.33. The highest BCUT2D eigenvalue weighted by Gasteiger charge is 2.30. The van der Waals surface area contributed by atoms with Gasteiger partial charge in [-0.3, -0.25) is 4.79 Å². The van der Waals surface area contributed by atoms with Gasteiger partial charge in [-0.2, -0.15) is 4.31 Å². The molecule has 1 aromatic heterocycles. The van der Waals surface area contributed by atoms with Crippen molar-refractivity contribution in [2.24, 2.45) is 0 Å². The number of benzene rings is 2. The molecule has 5 rings (SSSR count). The number of furan rings is 1. The van der Waals surface area contributed by atoms with E-state index in [2.05, 4.69) is 0 Å². The van der Waals surface area contributed by atoms with Gasteiger partial charge in [0.25, 0.3) is 5.91 Å². The third-order valence-corrected chi connectivity index (χ3v) is 8.32. The Kier molecular flexibility index (Phi) is 6.53. The number of para-hydroxylation sites is 2. The second-order valence-corrected chi connectivity index (χ2v) is 10.6. The minimum absolute atomic E-state index is 0.155. The van der Waals surface area contributed by atoms with E-state index in [1.165, 1.54) is 4.31 Å². The first-order valence-corrected chi connectivity index (χ1v) is 13.2. The number of rotatable bonds is 7. The van der Waals surface area contributed by atoms with Crippen LogP contribution in [0.15, 0.2) is 63.9 Å². The molecule has 1 saturated heterocycles. The molecule has 1 fully saturated rings. The van der Waals surface area contributed by atoms with Crippen molar-refractivity contribution in [3.05, 3.63) is 71.7 Å². The third kappa shape index (κ3) is 4.66. The van der Waals surface area contributed by atoms with E-state index in [4.69, 9.17) is 13.9 Å². The van der Waals surface area contributed by atoms with Gasteiger partial charge in [0, 0.05) is 25.3 Å². The first kappa shape index (κ1) is 23.4. The van der Waals surface area contributed by atoms with Gasteiger partial charge in [-0.25, -0.2) is 8.42 Å². The van der Waals surface area contributed by atoms with Gasteiger partial charge in [-0.15, -0.1) is 0 Å². The number of hydrogen-bond acceptors (Lipinski definition) is 6. The summed E-state index contributed by atoms with van der Waals surface area (Å²) in [6.07, 6.45) is 3.25. The highest BCUT2D eigenvalue weighted by atomic mass is 32.2. The van der Waals surface area contributed by atoms with Crippen LogP contribution in [0, 0.1) is 0 Å². The van der Waals surface area contributed by atoms with Crippen molar-refractivity contribution in [1.29, 1.82) is 0 Å². The monoisotopic (exact) mass is 496 g/mol. The van der Waals surface area contributed by atoms with Crippen LogP contribution >= 0.6 is 0 Å². The number of methoxy groups -OCH3 is 1. The van der Waals surface area contributed by atoms with Crippen LogP contribution in [0.25, 0.3) is 0 Å². The second-order valence-electron chi connectivity index (χ2n) is 8.67. The van der Waals surface area contributed by atoms with Crippen LogP contribution in [0.5, 0.6) is 11.5 Å². The number of carbonyl (C=O) groups is 1. The summed E-state index contributed by atoms with van der Waals surface area (Å²) in [5.74, 6) is 1.67. The fourth-order valence-electron chi connectivity index (χ4n) is 4.61. The molecular weight excluding hydrogens is 468 g/mol. The Balaban J connectivity index is 1.32. The Hall–Kier alpha value is -3.30. The molecule has 3 aromatic rings. The maximum atomic E-state index is 13.3. The molecule has 35 heavy (non-hydrogen) atoms. The van der Waals surface area contributed by atoms with Gasteiger partial charge in [0.15, 0.2) is 17.3 Å². The molecule has 9 heteroatoms. The quantitative estimate of drug-likeness (QED) is 0.486. The third-order valence-electron chi connectivity index (χ3n) is 6.43. The van der Waals surface area contributed by atoms with E-state index >= 15 is 0 Å². The number of amides is 1. The highest BCUT2D eigenvalue weighted by molar-refractivity contribution is 7.89. The fourth-order valence-corrected chi connectivity index (χ4v) is 6.18. The molecule has 0 N–H and O–H groups in total. The van der Waals surface area contributed by atoms with E-state index < -0.39 is 10.0 Å². The SMILES string of the molecule is COc1ccccc1OCc1ccc(C(=O)N2CCCc3cc(S(=O)(=O)N4CCCC4)ccc32)o1. The Morgan fingerprint density at radius 1 is 0.971 bits per heavy atom. The molecule has 0 atom stereocenters. The number of anilines is 1. The van der Waals surface area contributed by atoms with Gasteiger partial charge < -0.3 is 18.8 Å². The summed E-state index contributed by atoms with van der Waals surface area (Å²) in [6, 6.07) is 15.7. The molecule has 0 radical (unpaired) electrons. The van der Waals surface area contributed by atoms with E-state index in [-0.39, 0.29) is 18.3 Å². The molecule has 2 aliphatic heterocycles. The molecule has 3 heterocycles. The smallest absolute Gasteiger partial charge is 0.293 e. The molecule has 0 unspecified atom stereocenters. The zero-order chi connectivity index (χ0) is 24.4. The minimum Gasteiger partial charge on any atom is -0.493 e. The van der Waals surface area contributed by atoms with Crippen LogP contribution in [0.3, 0.4) is 0 Å². The summed E-state index contributed by atoms with van der Waals surface area (Å²) in [5, 5.41) is 0. The molecule has 0 saturated carbocycles. The lowest BCUT2D eigenvalue weighted by Gasteiger charge is -2.29. The van der Waals surface area contributed by atoms with Gasteiger partial charge in [0.1, 0.15) is 12.4 Å². The molecule has 184 valence electrons. The number of nitrogens with zero attached hydrogens (tertiary/aromatic N) is 2. The van der Waals surface area contributed by atoms with Crippen LogP contribution in [-0.2, 0) is 23.1 Å². The maximum absolute atomic E-state index is 13.3. The number of fused-ring (bicyclic) bond motifs is 1. The minimum atomic E-state index is -3.50. The van der Waals surface area contributed by atoms with Crippen LogP contribution in [-0.4, -0.2) is 45.4 Å². The standard InChI is InChI=1S/C26H28N2O6S/c1-32-23-8-2-3-9-24(23)33-18-20-10-13-25(34-20)26(29)28-16-6-7-19-17-21(11-12-22(19)28)35(30,31)27-14-4-5-15-27/h2-3,8-13,17H,4-7,14-16,18H2,1H3. The van der Waals surface area contributed by atoms with Crippen molar-refractivity contribution >= 4 is 21.6 Å². The maximum Gasteiger partial charge on any atom is 0.293 e. The van der Waals surface area contributed by atoms with Gasteiger partial charge >= 0.3 is 0 Å². The van der Waals surface area contributed by atoms with Crippen molar-refractivity contribution in [3.63, 3.8) is 0 Å². The lowest BCUT2D eigenvalue weighted by atomic mass is 10.0. The molecule has 0 aliphatic carbocycles. The van der Waals surface area contributed by atoms with Crippen LogP contribution < -0.4 is 14.4 Å². The van der Waals surface area contributed by atoms with Crippen molar-refractivity contribution in [3.8, 4) is 11.5 Å². The summed E-state index contributed by atoms with van der Waals surface area (Å²) in [5.41, 5.74) is 1.58. The molecule has 8 nitrogen and oxygen atoms in total. The van der Waals surface area contributed by atoms with E-state index in [9.17, 15) is 13.2 Å². The van der Waals surface area contributed by atoms with Gasteiger partial charge in [0.05, 0.1) is 12.0 Å². The summed E-state index contributed by atoms with van der Waals surface area (Å²) >= 11 is 0. The largest absolute Gasteiger partial charge is 0.493 e. The van der Waals surface area contributed by atoms with Crippen molar-refractivity contribution in [2.45, 2.75) is 37.2 Å².